The van der Waals surface area contributed by atoms with Crippen molar-refractivity contribution in [3.05, 3.63) is 172 Å². The fourth-order valence-electron chi connectivity index (χ4n) is 10.5. The van der Waals surface area contributed by atoms with Crippen molar-refractivity contribution < 1.29 is 0 Å². The molecule has 0 saturated heterocycles. The minimum absolute atomic E-state index is 0.0104. The number of rotatable bonds is 4. The van der Waals surface area contributed by atoms with Gasteiger partial charge in [-0.25, -0.2) is 0 Å². The zero-order valence-corrected chi connectivity index (χ0v) is 37.2. The first-order valence-corrected chi connectivity index (χ1v) is 21.9. The summed E-state index contributed by atoms with van der Waals surface area (Å²) in [5.74, 6) is 0. The molecule has 0 amide bonds. The summed E-state index contributed by atoms with van der Waals surface area (Å²) in [5, 5.41) is 6.86. The Hall–Kier alpha value is -5.40. The van der Waals surface area contributed by atoms with Crippen LogP contribution in [0.5, 0.6) is 0 Å². The summed E-state index contributed by atoms with van der Waals surface area (Å²) in [7, 11) is 0. The third-order valence-electron chi connectivity index (χ3n) is 14.0. The lowest BCUT2D eigenvalue weighted by atomic mass is 9.74. The van der Waals surface area contributed by atoms with Crippen LogP contribution in [0.2, 0.25) is 0 Å². The SMILES string of the molecule is CCC1(Nc2ccc(C)cc2C)CCc2cc(ccc2C(C)(C)C)-c2cc3c(cc2-c2ccc1cc2-c1ccc(C(C)(C)C)cc1)C(C)(C)c1ccc2ccccc2c1-3. The van der Waals surface area contributed by atoms with Crippen LogP contribution in [0.25, 0.3) is 55.3 Å². The first-order chi connectivity index (χ1) is 28.0. The third-order valence-corrected chi connectivity index (χ3v) is 14.0. The lowest BCUT2D eigenvalue weighted by Crippen LogP contribution is -2.36. The van der Waals surface area contributed by atoms with Gasteiger partial charge in [0.15, 0.2) is 0 Å². The fraction of sp³-hybridized carbons (Fsp3) is 0.310. The maximum absolute atomic E-state index is 4.23. The summed E-state index contributed by atoms with van der Waals surface area (Å²) in [6.07, 6.45) is 2.89. The number of benzene rings is 7. The summed E-state index contributed by atoms with van der Waals surface area (Å²) >= 11 is 0. The molecule has 0 aromatic heterocycles. The van der Waals surface area contributed by atoms with Crippen molar-refractivity contribution in [2.75, 3.05) is 5.32 Å². The van der Waals surface area contributed by atoms with E-state index in [0.717, 1.165) is 19.3 Å². The van der Waals surface area contributed by atoms with E-state index in [1.165, 1.54) is 105 Å². The van der Waals surface area contributed by atoms with E-state index in [1.54, 1.807) is 0 Å². The minimum atomic E-state index is -0.297. The predicted molar refractivity (Wildman–Crippen MR) is 255 cm³/mol. The van der Waals surface area contributed by atoms with Crippen LogP contribution in [0.15, 0.2) is 127 Å². The van der Waals surface area contributed by atoms with E-state index in [1.807, 2.05) is 0 Å². The van der Waals surface area contributed by atoms with Gasteiger partial charge in [0.2, 0.25) is 0 Å². The zero-order valence-electron chi connectivity index (χ0n) is 37.2. The lowest BCUT2D eigenvalue weighted by molar-refractivity contribution is 0.431. The van der Waals surface area contributed by atoms with Gasteiger partial charge in [-0.1, -0.05) is 171 Å². The Kier molecular flexibility index (Phi) is 9.17. The van der Waals surface area contributed by atoms with Crippen molar-refractivity contribution in [3.63, 3.8) is 0 Å². The molecule has 298 valence electrons. The second-order valence-corrected chi connectivity index (χ2v) is 20.4. The molecular formula is C58H61N. The van der Waals surface area contributed by atoms with E-state index in [4.69, 9.17) is 0 Å². The van der Waals surface area contributed by atoms with Gasteiger partial charge in [-0.15, -0.1) is 0 Å². The average molecular weight is 772 g/mol. The molecule has 1 heteroatoms. The van der Waals surface area contributed by atoms with Gasteiger partial charge >= 0.3 is 0 Å². The van der Waals surface area contributed by atoms with Gasteiger partial charge in [-0.2, -0.15) is 0 Å². The molecule has 0 radical (unpaired) electrons. The molecule has 0 spiro atoms. The van der Waals surface area contributed by atoms with Crippen molar-refractivity contribution in [2.45, 2.75) is 117 Å². The topological polar surface area (TPSA) is 12.0 Å². The van der Waals surface area contributed by atoms with Crippen LogP contribution in [0.3, 0.4) is 0 Å². The number of aryl methyl sites for hydroxylation is 3. The van der Waals surface area contributed by atoms with Crippen LogP contribution >= 0.6 is 0 Å². The number of anilines is 1. The molecule has 1 atom stereocenters. The molecule has 0 aliphatic heterocycles. The van der Waals surface area contributed by atoms with Crippen molar-refractivity contribution in [2.24, 2.45) is 0 Å². The molecule has 10 rings (SSSR count). The van der Waals surface area contributed by atoms with E-state index in [0.29, 0.717) is 0 Å². The quantitative estimate of drug-likeness (QED) is 0.188. The summed E-state index contributed by atoms with van der Waals surface area (Å²) in [5.41, 5.74) is 22.3. The number of hydrogen-bond acceptors (Lipinski definition) is 1. The first kappa shape index (κ1) is 39.1. The smallest absolute Gasteiger partial charge is 0.0626 e. The standard InChI is InChI=1S/C58H61N/c1-12-58(59-53-28-17-36(2)31-37(53)3)30-29-41-32-40(21-26-50(41)56(7,8)9)47-34-49-52(57(10,11)51-27-20-38-15-13-14-16-44(38)54(49)51)35-48(47)45-25-24-43(58)33-46(45)39-18-22-42(23-19-39)55(4,5)6/h13-28,31-35,59H,12,29-30H2,1-11H3. The Bertz CT molecular complexity index is 2780. The van der Waals surface area contributed by atoms with Crippen molar-refractivity contribution in [1.82, 2.24) is 0 Å². The van der Waals surface area contributed by atoms with E-state index < -0.39 is 0 Å². The molecule has 1 N–H and O–H groups in total. The highest BCUT2D eigenvalue weighted by Crippen LogP contribution is 2.55. The van der Waals surface area contributed by atoms with Gasteiger partial charge in [-0.3, -0.25) is 0 Å². The molecule has 1 nitrogen and oxygen atoms in total. The number of nitrogens with one attached hydrogen (secondary N) is 1. The Morgan fingerprint density at radius 1 is 0.593 bits per heavy atom. The summed E-state index contributed by atoms with van der Waals surface area (Å²) < 4.78 is 0. The molecule has 4 bridgehead atoms. The monoisotopic (exact) mass is 771 g/mol. The van der Waals surface area contributed by atoms with Crippen molar-refractivity contribution in [1.29, 1.82) is 0 Å². The number of hydrogen-bond donors (Lipinski definition) is 1. The Morgan fingerprint density at radius 3 is 2.03 bits per heavy atom. The molecule has 1 unspecified atom stereocenters. The van der Waals surface area contributed by atoms with Crippen molar-refractivity contribution in [3.8, 4) is 44.5 Å². The maximum Gasteiger partial charge on any atom is 0.0626 e. The molecule has 0 heterocycles. The highest BCUT2D eigenvalue weighted by Gasteiger charge is 2.39. The van der Waals surface area contributed by atoms with Crippen molar-refractivity contribution >= 4 is 16.5 Å². The maximum atomic E-state index is 4.23. The van der Waals surface area contributed by atoms with E-state index in [9.17, 15) is 0 Å². The fourth-order valence-corrected chi connectivity index (χ4v) is 10.5. The summed E-state index contributed by atoms with van der Waals surface area (Å²) in [6, 6.07) is 49.9. The Morgan fingerprint density at radius 2 is 1.32 bits per heavy atom. The second-order valence-electron chi connectivity index (χ2n) is 20.4. The van der Waals surface area contributed by atoms with Crippen LogP contribution in [-0.4, -0.2) is 0 Å². The molecule has 59 heavy (non-hydrogen) atoms. The van der Waals surface area contributed by atoms with Crippen LogP contribution < -0.4 is 5.32 Å². The second kappa shape index (κ2) is 13.8. The van der Waals surface area contributed by atoms with E-state index in [-0.39, 0.29) is 21.8 Å². The van der Waals surface area contributed by atoms with E-state index in [2.05, 4.69) is 209 Å². The average Bonchev–Trinajstić information content (AvgIpc) is 3.44. The van der Waals surface area contributed by atoms with E-state index >= 15 is 0 Å². The lowest BCUT2D eigenvalue weighted by Gasteiger charge is -2.38. The predicted octanol–water partition coefficient (Wildman–Crippen LogP) is 16.0. The molecule has 0 fully saturated rings. The summed E-state index contributed by atoms with van der Waals surface area (Å²) in [4.78, 5) is 0. The normalized spacial score (nSPS) is 16.9. The van der Waals surface area contributed by atoms with Crippen LogP contribution in [-0.2, 0) is 28.2 Å². The van der Waals surface area contributed by atoms with Gasteiger partial charge in [-0.05, 0) is 162 Å². The third kappa shape index (κ3) is 6.53. The molecule has 3 aliphatic carbocycles. The summed E-state index contributed by atoms with van der Waals surface area (Å²) in [6.45, 7) is 25.7. The molecule has 0 saturated carbocycles. The largest absolute Gasteiger partial charge is 0.375 e. The van der Waals surface area contributed by atoms with Crippen LogP contribution in [0.4, 0.5) is 5.69 Å². The highest BCUT2D eigenvalue weighted by molar-refractivity contribution is 6.05. The highest BCUT2D eigenvalue weighted by atomic mass is 15.0. The number of fused-ring (bicyclic) bond motifs is 9. The molecule has 3 aliphatic rings. The van der Waals surface area contributed by atoms with Crippen LogP contribution in [0, 0.1) is 13.8 Å². The first-order valence-electron chi connectivity index (χ1n) is 21.9. The Balaban J connectivity index is 1.38. The molecule has 7 aromatic carbocycles. The minimum Gasteiger partial charge on any atom is -0.375 e. The molecular weight excluding hydrogens is 711 g/mol. The van der Waals surface area contributed by atoms with Gasteiger partial charge in [0.25, 0.3) is 0 Å². The molecule has 7 aromatic rings. The van der Waals surface area contributed by atoms with Gasteiger partial charge in [0.05, 0.1) is 5.54 Å². The van der Waals surface area contributed by atoms with Gasteiger partial charge < -0.3 is 5.32 Å². The zero-order chi connectivity index (χ0) is 41.6. The van der Waals surface area contributed by atoms with Crippen LogP contribution in [0.1, 0.15) is 120 Å². The van der Waals surface area contributed by atoms with Gasteiger partial charge in [0, 0.05) is 11.1 Å². The van der Waals surface area contributed by atoms with Gasteiger partial charge in [0.1, 0.15) is 0 Å². The Labute approximate surface area is 354 Å².